The van der Waals surface area contributed by atoms with Gasteiger partial charge in [0.1, 0.15) is 0 Å². The highest BCUT2D eigenvalue weighted by molar-refractivity contribution is 5.09. The lowest BCUT2D eigenvalue weighted by atomic mass is 9.58. The van der Waals surface area contributed by atoms with Crippen molar-refractivity contribution in [2.45, 2.75) is 77.3 Å². The van der Waals surface area contributed by atoms with Gasteiger partial charge in [0.25, 0.3) is 0 Å². The maximum atomic E-state index is 6.25. The summed E-state index contributed by atoms with van der Waals surface area (Å²) in [6, 6.07) is 0. The summed E-state index contributed by atoms with van der Waals surface area (Å²) in [5.74, 6) is 0.957. The van der Waals surface area contributed by atoms with Crippen molar-refractivity contribution in [1.29, 1.82) is 0 Å². The van der Waals surface area contributed by atoms with Crippen molar-refractivity contribution in [3.63, 3.8) is 0 Å². The summed E-state index contributed by atoms with van der Waals surface area (Å²) in [7, 11) is 0. The molecule has 22 heavy (non-hydrogen) atoms. The number of fused-ring (bicyclic) bond motifs is 2. The maximum Gasteiger partial charge on any atom is 0.201 e. The van der Waals surface area contributed by atoms with E-state index in [1.165, 1.54) is 6.42 Å². The number of ether oxygens (including phenoxy) is 3. The Morgan fingerprint density at radius 3 is 2.68 bits per heavy atom. The lowest BCUT2D eigenvalue weighted by Crippen LogP contribution is -2.70. The van der Waals surface area contributed by atoms with Gasteiger partial charge in [0.15, 0.2) is 18.2 Å². The average Bonchev–Trinajstić information content (AvgIpc) is 2.71. The van der Waals surface area contributed by atoms with Gasteiger partial charge in [-0.15, -0.1) is 0 Å². The van der Waals surface area contributed by atoms with E-state index in [0.29, 0.717) is 24.4 Å². The third kappa shape index (κ3) is 1.96. The van der Waals surface area contributed by atoms with Crippen molar-refractivity contribution in [2.75, 3.05) is 6.61 Å². The van der Waals surface area contributed by atoms with Crippen LogP contribution in [0.5, 0.6) is 0 Å². The van der Waals surface area contributed by atoms with Crippen LogP contribution >= 0.6 is 0 Å². The van der Waals surface area contributed by atoms with Gasteiger partial charge < -0.3 is 14.2 Å². The molecule has 0 unspecified atom stereocenters. The summed E-state index contributed by atoms with van der Waals surface area (Å²) < 4.78 is 18.3. The fourth-order valence-electron chi connectivity index (χ4n) is 5.23. The predicted octanol–water partition coefficient (Wildman–Crippen LogP) is 3.23. The van der Waals surface area contributed by atoms with E-state index in [1.807, 2.05) is 13.8 Å². The largest absolute Gasteiger partial charge is 0.353 e. The molecule has 0 aromatic carbocycles. The van der Waals surface area contributed by atoms with Gasteiger partial charge in [-0.05, 0) is 44.9 Å². The standard InChI is InChI=1S/C17H28O5/c1-5-18-14-11(3)13-7-6-10(2)12-8-9-16(4)20-15(19-14)17(12,13)22-21-16/h10-15H,5-9H2,1-4H3/t10-,11-,12+,13+,14+,15+,16-,17-/m1/s1. The SMILES string of the molecule is CCO[C@H]1O[C@H]2O[C@@]3(C)CC[C@H]4[C@H](C)CC[C@@H]([C@H]1C)[C@@]24OO3. The zero-order valence-corrected chi connectivity index (χ0v) is 14.0. The normalized spacial score (nSPS) is 57.3. The van der Waals surface area contributed by atoms with Crippen molar-refractivity contribution >= 4 is 0 Å². The smallest absolute Gasteiger partial charge is 0.201 e. The zero-order valence-electron chi connectivity index (χ0n) is 14.0. The monoisotopic (exact) mass is 312 g/mol. The summed E-state index contributed by atoms with van der Waals surface area (Å²) in [5.41, 5.74) is -0.472. The van der Waals surface area contributed by atoms with Crippen LogP contribution < -0.4 is 0 Å². The van der Waals surface area contributed by atoms with Crippen molar-refractivity contribution in [3.05, 3.63) is 0 Å². The molecule has 1 aliphatic carbocycles. The fraction of sp³-hybridized carbons (Fsp3) is 1.00. The molecule has 5 aliphatic rings. The molecular weight excluding hydrogens is 284 g/mol. The minimum Gasteiger partial charge on any atom is -0.353 e. The molecule has 5 heteroatoms. The lowest BCUT2D eigenvalue weighted by Gasteiger charge is -2.60. The van der Waals surface area contributed by atoms with E-state index >= 15 is 0 Å². The van der Waals surface area contributed by atoms with E-state index in [4.69, 9.17) is 24.0 Å². The Morgan fingerprint density at radius 2 is 1.91 bits per heavy atom. The van der Waals surface area contributed by atoms with Gasteiger partial charge in [-0.3, -0.25) is 0 Å². The molecule has 1 spiro atoms. The van der Waals surface area contributed by atoms with Crippen molar-refractivity contribution < 1.29 is 24.0 Å². The highest BCUT2D eigenvalue weighted by Gasteiger charge is 2.69. The van der Waals surface area contributed by atoms with Crippen molar-refractivity contribution in [2.24, 2.45) is 23.7 Å². The first-order valence-electron chi connectivity index (χ1n) is 8.82. The van der Waals surface area contributed by atoms with Crippen LogP contribution in [-0.2, 0) is 24.0 Å². The maximum absolute atomic E-state index is 6.25. The molecule has 4 aliphatic heterocycles. The summed E-state index contributed by atoms with van der Waals surface area (Å²) in [5, 5.41) is 0. The minimum atomic E-state index is -0.700. The Morgan fingerprint density at radius 1 is 1.09 bits per heavy atom. The van der Waals surface area contributed by atoms with Gasteiger partial charge in [-0.2, -0.15) is 0 Å². The molecule has 5 rings (SSSR count). The molecule has 0 aromatic heterocycles. The second kappa shape index (κ2) is 5.15. The molecule has 0 aromatic rings. The zero-order chi connectivity index (χ0) is 15.5. The first kappa shape index (κ1) is 15.3. The topological polar surface area (TPSA) is 46.2 Å². The molecular formula is C17H28O5. The molecule has 0 radical (unpaired) electrons. The van der Waals surface area contributed by atoms with E-state index in [2.05, 4.69) is 13.8 Å². The third-order valence-electron chi connectivity index (χ3n) is 6.43. The number of hydrogen-bond donors (Lipinski definition) is 0. The van der Waals surface area contributed by atoms with E-state index in [0.717, 1.165) is 19.3 Å². The minimum absolute atomic E-state index is 0.216. The summed E-state index contributed by atoms with van der Waals surface area (Å²) in [6.45, 7) is 9.15. The Kier molecular flexibility index (Phi) is 3.59. The molecule has 2 bridgehead atoms. The molecule has 126 valence electrons. The number of hydrogen-bond acceptors (Lipinski definition) is 5. The Bertz CT molecular complexity index is 443. The van der Waals surface area contributed by atoms with Crippen LogP contribution in [0.15, 0.2) is 0 Å². The van der Waals surface area contributed by atoms with E-state index < -0.39 is 11.4 Å². The summed E-state index contributed by atoms with van der Waals surface area (Å²) >= 11 is 0. The molecule has 1 saturated carbocycles. The van der Waals surface area contributed by atoms with Crippen molar-refractivity contribution in [3.8, 4) is 0 Å². The van der Waals surface area contributed by atoms with Crippen LogP contribution in [0.3, 0.4) is 0 Å². The van der Waals surface area contributed by atoms with Crippen LogP contribution in [0, 0.1) is 23.7 Å². The summed E-state index contributed by atoms with van der Waals surface area (Å²) in [6.07, 6.45) is 3.66. The Labute approximate surface area is 132 Å². The average molecular weight is 312 g/mol. The molecule has 5 fully saturated rings. The fourth-order valence-corrected chi connectivity index (χ4v) is 5.23. The van der Waals surface area contributed by atoms with Crippen LogP contribution in [0.25, 0.3) is 0 Å². The van der Waals surface area contributed by atoms with Gasteiger partial charge in [-0.25, -0.2) is 9.78 Å². The third-order valence-corrected chi connectivity index (χ3v) is 6.43. The summed E-state index contributed by atoms with van der Waals surface area (Å²) in [4.78, 5) is 11.9. The molecule has 0 amide bonds. The van der Waals surface area contributed by atoms with E-state index in [9.17, 15) is 0 Å². The van der Waals surface area contributed by atoms with E-state index in [1.54, 1.807) is 0 Å². The second-order valence-corrected chi connectivity index (χ2v) is 7.73. The van der Waals surface area contributed by atoms with Gasteiger partial charge in [0.05, 0.1) is 0 Å². The van der Waals surface area contributed by atoms with Gasteiger partial charge in [0.2, 0.25) is 5.79 Å². The molecule has 8 atom stereocenters. The van der Waals surface area contributed by atoms with Crippen LogP contribution in [-0.4, -0.2) is 30.6 Å². The molecule has 4 heterocycles. The van der Waals surface area contributed by atoms with Gasteiger partial charge in [-0.1, -0.05) is 13.8 Å². The van der Waals surface area contributed by atoms with Crippen LogP contribution in [0.2, 0.25) is 0 Å². The highest BCUT2D eigenvalue weighted by Crippen LogP contribution is 2.60. The molecule has 4 saturated heterocycles. The molecule has 5 nitrogen and oxygen atoms in total. The quantitative estimate of drug-likeness (QED) is 0.733. The van der Waals surface area contributed by atoms with Crippen LogP contribution in [0.4, 0.5) is 0 Å². The van der Waals surface area contributed by atoms with Gasteiger partial charge in [0, 0.05) is 24.9 Å². The number of rotatable bonds is 2. The van der Waals surface area contributed by atoms with Crippen molar-refractivity contribution in [1.82, 2.24) is 0 Å². The van der Waals surface area contributed by atoms with E-state index in [-0.39, 0.29) is 18.5 Å². The lowest BCUT2D eigenvalue weighted by molar-refractivity contribution is -0.577. The second-order valence-electron chi connectivity index (χ2n) is 7.73. The first-order valence-corrected chi connectivity index (χ1v) is 8.82. The Hall–Kier alpha value is -0.200. The van der Waals surface area contributed by atoms with Gasteiger partial charge >= 0.3 is 0 Å². The first-order chi connectivity index (χ1) is 10.5. The van der Waals surface area contributed by atoms with Crippen LogP contribution in [0.1, 0.15) is 53.4 Å². The Balaban J connectivity index is 1.75. The molecule has 0 N–H and O–H groups in total. The predicted molar refractivity (Wildman–Crippen MR) is 78.5 cm³/mol. The highest BCUT2D eigenvalue weighted by atomic mass is 17.3.